The molecule has 0 spiro atoms. The molecule has 1 aliphatic rings. The second-order valence-electron chi connectivity index (χ2n) is 12.5. The van der Waals surface area contributed by atoms with Gasteiger partial charge in [-0.1, -0.05) is 84.9 Å². The van der Waals surface area contributed by atoms with Crippen LogP contribution in [-0.4, -0.2) is 75.4 Å². The van der Waals surface area contributed by atoms with Crippen molar-refractivity contribution in [2.24, 2.45) is 0 Å². The number of ketones is 1. The number of hydrogen-bond donors (Lipinski definition) is 2. The number of rotatable bonds is 12. The second kappa shape index (κ2) is 14.6. The summed E-state index contributed by atoms with van der Waals surface area (Å²) in [4.78, 5) is 39.7. The average molecular weight is 699 g/mol. The molecule has 7 rings (SSSR count). The topological polar surface area (TPSA) is 141 Å². The number of aliphatic hydroxyl groups excluding tert-OH is 1. The SMILES string of the molecule is COc1ccccc1C(OCC1CC(O)C(C(C)=O)N1n1cnc2c(NC(=O)c3ccccc3)ncnc21)(c1ccccc1)c1ccccc1OC. The van der Waals surface area contributed by atoms with Crippen LogP contribution in [-0.2, 0) is 15.1 Å². The Kier molecular flexibility index (Phi) is 9.66. The third kappa shape index (κ3) is 6.12. The number of ether oxygens (including phenoxy) is 3. The molecule has 0 saturated carbocycles. The molecule has 0 bridgehead atoms. The van der Waals surface area contributed by atoms with E-state index in [0.717, 1.165) is 16.7 Å². The molecule has 2 aromatic heterocycles. The van der Waals surface area contributed by atoms with E-state index in [1.807, 2.05) is 84.9 Å². The summed E-state index contributed by atoms with van der Waals surface area (Å²) in [7, 11) is 3.23. The van der Waals surface area contributed by atoms with E-state index in [2.05, 4.69) is 20.3 Å². The van der Waals surface area contributed by atoms with Crippen LogP contribution in [0, 0.1) is 0 Å². The number of carbonyl (C=O) groups excluding carboxylic acids is 2. The molecule has 1 saturated heterocycles. The summed E-state index contributed by atoms with van der Waals surface area (Å²) in [5.74, 6) is 0.811. The van der Waals surface area contributed by atoms with Crippen LogP contribution in [0.3, 0.4) is 0 Å². The Labute approximate surface area is 300 Å². The van der Waals surface area contributed by atoms with Gasteiger partial charge in [-0.25, -0.2) is 19.6 Å². The molecule has 0 aliphatic carbocycles. The lowest BCUT2D eigenvalue weighted by Crippen LogP contribution is -2.52. The number of hydrogen-bond acceptors (Lipinski definition) is 10. The molecule has 3 heterocycles. The highest BCUT2D eigenvalue weighted by atomic mass is 16.5. The zero-order valence-electron chi connectivity index (χ0n) is 28.9. The highest BCUT2D eigenvalue weighted by molar-refractivity contribution is 6.06. The van der Waals surface area contributed by atoms with Crippen LogP contribution in [0.2, 0.25) is 0 Å². The van der Waals surface area contributed by atoms with Gasteiger partial charge in [0.25, 0.3) is 5.91 Å². The van der Waals surface area contributed by atoms with Gasteiger partial charge in [0, 0.05) is 23.1 Å². The smallest absolute Gasteiger partial charge is 0.256 e. The molecule has 52 heavy (non-hydrogen) atoms. The molecule has 2 N–H and O–H groups in total. The molecule has 4 aromatic carbocycles. The van der Waals surface area contributed by atoms with Crippen LogP contribution >= 0.6 is 0 Å². The lowest BCUT2D eigenvalue weighted by Gasteiger charge is -2.39. The van der Waals surface area contributed by atoms with Gasteiger partial charge in [-0.05, 0) is 36.8 Å². The van der Waals surface area contributed by atoms with Gasteiger partial charge < -0.3 is 24.6 Å². The highest BCUT2D eigenvalue weighted by Gasteiger charge is 2.48. The monoisotopic (exact) mass is 698 g/mol. The summed E-state index contributed by atoms with van der Waals surface area (Å²) in [6.45, 7) is 1.48. The zero-order chi connectivity index (χ0) is 36.2. The Hall–Kier alpha value is -6.11. The fourth-order valence-electron chi connectivity index (χ4n) is 7.14. The number of benzene rings is 4. The van der Waals surface area contributed by atoms with Crippen molar-refractivity contribution in [2.45, 2.75) is 37.1 Å². The molecule has 12 nitrogen and oxygen atoms in total. The molecule has 1 fully saturated rings. The summed E-state index contributed by atoms with van der Waals surface area (Å²) in [6.07, 6.45) is 2.02. The van der Waals surface area contributed by atoms with E-state index in [0.29, 0.717) is 28.2 Å². The van der Waals surface area contributed by atoms with Crippen molar-refractivity contribution in [3.05, 3.63) is 144 Å². The molecule has 6 aromatic rings. The van der Waals surface area contributed by atoms with Crippen molar-refractivity contribution in [3.8, 4) is 11.5 Å². The van der Waals surface area contributed by atoms with Gasteiger partial charge in [-0.3, -0.25) is 14.6 Å². The molecule has 12 heteroatoms. The van der Waals surface area contributed by atoms with Crippen LogP contribution in [0.15, 0.2) is 122 Å². The van der Waals surface area contributed by atoms with Crippen molar-refractivity contribution in [3.63, 3.8) is 0 Å². The molecule has 264 valence electrons. The van der Waals surface area contributed by atoms with E-state index >= 15 is 0 Å². The Morgan fingerprint density at radius 1 is 0.827 bits per heavy atom. The first-order chi connectivity index (χ1) is 25.4. The quantitative estimate of drug-likeness (QED) is 0.165. The highest BCUT2D eigenvalue weighted by Crippen LogP contribution is 2.48. The molecule has 0 radical (unpaired) electrons. The largest absolute Gasteiger partial charge is 0.496 e. The van der Waals surface area contributed by atoms with Crippen molar-refractivity contribution in [1.29, 1.82) is 0 Å². The molecule has 3 atom stereocenters. The molecule has 3 unspecified atom stereocenters. The van der Waals surface area contributed by atoms with Gasteiger partial charge in [0.2, 0.25) is 0 Å². The summed E-state index contributed by atoms with van der Waals surface area (Å²) >= 11 is 0. The predicted molar refractivity (Wildman–Crippen MR) is 195 cm³/mol. The number of Topliss-reactive ketones (excluding diaryl/α,β-unsaturated/α-hetero) is 1. The van der Waals surface area contributed by atoms with E-state index in [4.69, 9.17) is 14.2 Å². The van der Waals surface area contributed by atoms with Gasteiger partial charge >= 0.3 is 0 Å². The lowest BCUT2D eigenvalue weighted by molar-refractivity contribution is -0.120. The summed E-state index contributed by atoms with van der Waals surface area (Å²) in [5, 5.41) is 16.0. The maximum Gasteiger partial charge on any atom is 0.256 e. The fraction of sp³-hybridized carbons (Fsp3) is 0.225. The maximum atomic E-state index is 13.2. The van der Waals surface area contributed by atoms with Crippen LogP contribution < -0.4 is 19.8 Å². The van der Waals surface area contributed by atoms with Gasteiger partial charge in [-0.2, -0.15) is 0 Å². The number of methoxy groups -OCH3 is 2. The standard InChI is InChI=1S/C40H38N6O6/c1-26(47)36-32(48)22-29(46(36)45-25-43-35-37(41-24-42-38(35)45)44-39(49)27-14-6-4-7-15-27)23-52-40(28-16-8-5-9-17-28,30-18-10-12-20-33(30)50-2)31-19-11-13-21-34(31)51-3/h4-21,24-25,29,32,36,48H,22-23H2,1-3H3,(H,41,42,44,49). The predicted octanol–water partition coefficient (Wildman–Crippen LogP) is 5.13. The number of anilines is 1. The third-order valence-electron chi connectivity index (χ3n) is 9.43. The maximum absolute atomic E-state index is 13.2. The number of nitrogens with zero attached hydrogens (tertiary/aromatic N) is 5. The van der Waals surface area contributed by atoms with E-state index in [1.165, 1.54) is 19.6 Å². The molecule has 1 aliphatic heterocycles. The Bertz CT molecular complexity index is 2150. The van der Waals surface area contributed by atoms with Gasteiger partial charge in [-0.15, -0.1) is 0 Å². The first-order valence-electron chi connectivity index (χ1n) is 16.9. The van der Waals surface area contributed by atoms with Crippen molar-refractivity contribution < 1.29 is 28.9 Å². The summed E-state index contributed by atoms with van der Waals surface area (Å²) < 4.78 is 20.7. The number of amides is 1. The molecule has 1 amide bonds. The Morgan fingerprint density at radius 2 is 1.42 bits per heavy atom. The van der Waals surface area contributed by atoms with E-state index in [1.54, 1.807) is 48.2 Å². The number of aliphatic hydroxyl groups is 1. The number of carbonyl (C=O) groups is 2. The Morgan fingerprint density at radius 3 is 2.04 bits per heavy atom. The lowest BCUT2D eigenvalue weighted by atomic mass is 9.79. The number of aromatic nitrogens is 4. The number of nitrogens with one attached hydrogen (secondary N) is 1. The first-order valence-corrected chi connectivity index (χ1v) is 16.9. The van der Waals surface area contributed by atoms with E-state index in [9.17, 15) is 14.7 Å². The minimum absolute atomic E-state index is 0.0359. The summed E-state index contributed by atoms with van der Waals surface area (Å²) in [5.41, 5.74) is 2.14. The van der Waals surface area contributed by atoms with E-state index in [-0.39, 0.29) is 30.5 Å². The minimum atomic E-state index is -1.26. The summed E-state index contributed by atoms with van der Waals surface area (Å²) in [6, 6.07) is 32.4. The van der Waals surface area contributed by atoms with Crippen LogP contribution in [0.5, 0.6) is 11.5 Å². The van der Waals surface area contributed by atoms with Crippen molar-refractivity contribution >= 4 is 28.7 Å². The molecular weight excluding hydrogens is 660 g/mol. The first kappa shape index (κ1) is 34.3. The van der Waals surface area contributed by atoms with Crippen LogP contribution in [0.25, 0.3) is 11.2 Å². The van der Waals surface area contributed by atoms with Gasteiger partial charge in [0.15, 0.2) is 28.4 Å². The van der Waals surface area contributed by atoms with Crippen LogP contribution in [0.4, 0.5) is 5.82 Å². The second-order valence-corrected chi connectivity index (χ2v) is 12.5. The van der Waals surface area contributed by atoms with E-state index < -0.39 is 23.8 Å². The number of fused-ring (bicyclic) bond motifs is 1. The third-order valence-corrected chi connectivity index (χ3v) is 9.43. The number of para-hydroxylation sites is 2. The minimum Gasteiger partial charge on any atom is -0.496 e. The Balaban J connectivity index is 1.33. The average Bonchev–Trinajstić information content (AvgIpc) is 3.77. The molecular formula is C40H38N6O6. The zero-order valence-corrected chi connectivity index (χ0v) is 28.9. The van der Waals surface area contributed by atoms with Crippen molar-refractivity contribution in [2.75, 3.05) is 31.2 Å². The fourth-order valence-corrected chi connectivity index (χ4v) is 7.14. The van der Waals surface area contributed by atoms with Gasteiger partial charge in [0.1, 0.15) is 30.2 Å². The normalized spacial score (nSPS) is 17.2. The van der Waals surface area contributed by atoms with Crippen LogP contribution in [0.1, 0.15) is 40.4 Å². The van der Waals surface area contributed by atoms with Crippen molar-refractivity contribution in [1.82, 2.24) is 19.6 Å². The number of imidazole rings is 1. The van der Waals surface area contributed by atoms with Gasteiger partial charge in [0.05, 0.1) is 33.0 Å².